The van der Waals surface area contributed by atoms with Crippen LogP contribution in [0.4, 0.5) is 0 Å². The minimum Gasteiger partial charge on any atom is -0.379 e. The molecule has 0 aromatic carbocycles. The summed E-state index contributed by atoms with van der Waals surface area (Å²) in [7, 11) is 0. The summed E-state index contributed by atoms with van der Waals surface area (Å²) >= 11 is 0. The van der Waals surface area contributed by atoms with Gasteiger partial charge < -0.3 is 10.5 Å². The minimum absolute atomic E-state index is 0. The second-order valence-electron chi connectivity index (χ2n) is 4.32. The molecule has 0 radical (unpaired) electrons. The molecule has 0 unspecified atom stereocenters. The molecule has 0 amide bonds. The van der Waals surface area contributed by atoms with Gasteiger partial charge in [-0.05, 0) is 19.4 Å². The molecular weight excluding hydrogens is 224 g/mol. The van der Waals surface area contributed by atoms with Crippen molar-refractivity contribution in [2.75, 3.05) is 32.8 Å². The maximum atomic E-state index is 5.44. The van der Waals surface area contributed by atoms with E-state index in [1.165, 1.54) is 32.1 Å². The Morgan fingerprint density at radius 3 is 2.44 bits per heavy atom. The molecule has 0 spiro atoms. The Morgan fingerprint density at radius 2 is 1.88 bits per heavy atom. The SMILES string of the molecule is CCN(CCOCCN)C1CCCCC1.Cl. The quantitative estimate of drug-likeness (QED) is 0.703. The van der Waals surface area contributed by atoms with Crippen molar-refractivity contribution in [3.63, 3.8) is 0 Å². The van der Waals surface area contributed by atoms with E-state index >= 15 is 0 Å². The van der Waals surface area contributed by atoms with Gasteiger partial charge in [0.2, 0.25) is 0 Å². The zero-order chi connectivity index (χ0) is 10.9. The van der Waals surface area contributed by atoms with Gasteiger partial charge in [-0.1, -0.05) is 26.2 Å². The van der Waals surface area contributed by atoms with Crippen LogP contribution in [-0.2, 0) is 4.74 Å². The molecule has 3 nitrogen and oxygen atoms in total. The molecule has 16 heavy (non-hydrogen) atoms. The predicted octanol–water partition coefficient (Wildman–Crippen LogP) is 2.04. The van der Waals surface area contributed by atoms with Crippen molar-refractivity contribution in [3.8, 4) is 0 Å². The summed E-state index contributed by atoms with van der Waals surface area (Å²) in [5.74, 6) is 0. The van der Waals surface area contributed by atoms with Crippen LogP contribution in [0.1, 0.15) is 39.0 Å². The van der Waals surface area contributed by atoms with Crippen molar-refractivity contribution < 1.29 is 4.74 Å². The normalized spacial score (nSPS) is 17.4. The summed E-state index contributed by atoms with van der Waals surface area (Å²) in [6.45, 7) is 6.63. The van der Waals surface area contributed by atoms with E-state index < -0.39 is 0 Å². The van der Waals surface area contributed by atoms with Gasteiger partial charge in [-0.3, -0.25) is 4.90 Å². The molecule has 1 fully saturated rings. The van der Waals surface area contributed by atoms with Gasteiger partial charge in [-0.25, -0.2) is 0 Å². The van der Waals surface area contributed by atoms with Gasteiger partial charge in [0.05, 0.1) is 13.2 Å². The lowest BCUT2D eigenvalue weighted by molar-refractivity contribution is 0.0828. The van der Waals surface area contributed by atoms with E-state index in [-0.39, 0.29) is 12.4 Å². The van der Waals surface area contributed by atoms with Crippen molar-refractivity contribution in [1.29, 1.82) is 0 Å². The van der Waals surface area contributed by atoms with Gasteiger partial charge in [0, 0.05) is 19.1 Å². The number of nitrogens with zero attached hydrogens (tertiary/aromatic N) is 1. The van der Waals surface area contributed by atoms with Crippen LogP contribution in [0.3, 0.4) is 0 Å². The number of rotatable bonds is 7. The molecule has 4 heteroatoms. The van der Waals surface area contributed by atoms with Crippen molar-refractivity contribution >= 4 is 12.4 Å². The van der Waals surface area contributed by atoms with Gasteiger partial charge in [0.15, 0.2) is 0 Å². The third kappa shape index (κ3) is 6.04. The molecule has 0 aromatic rings. The van der Waals surface area contributed by atoms with E-state index in [0.29, 0.717) is 13.2 Å². The average molecular weight is 251 g/mol. The summed E-state index contributed by atoms with van der Waals surface area (Å²) in [5.41, 5.74) is 5.38. The van der Waals surface area contributed by atoms with Gasteiger partial charge >= 0.3 is 0 Å². The molecule has 1 aliphatic carbocycles. The highest BCUT2D eigenvalue weighted by atomic mass is 35.5. The van der Waals surface area contributed by atoms with E-state index in [1.807, 2.05) is 0 Å². The maximum Gasteiger partial charge on any atom is 0.0594 e. The topological polar surface area (TPSA) is 38.5 Å². The lowest BCUT2D eigenvalue weighted by Gasteiger charge is -2.33. The van der Waals surface area contributed by atoms with Gasteiger partial charge in [-0.2, -0.15) is 0 Å². The Balaban J connectivity index is 0.00000225. The van der Waals surface area contributed by atoms with Crippen LogP contribution in [0, 0.1) is 0 Å². The number of nitrogens with two attached hydrogens (primary N) is 1. The van der Waals surface area contributed by atoms with Crippen molar-refractivity contribution in [2.24, 2.45) is 5.73 Å². The summed E-state index contributed by atoms with van der Waals surface area (Å²) < 4.78 is 5.44. The highest BCUT2D eigenvalue weighted by Gasteiger charge is 2.19. The van der Waals surface area contributed by atoms with Crippen LogP contribution in [-0.4, -0.2) is 43.8 Å². The maximum absolute atomic E-state index is 5.44. The first kappa shape index (κ1) is 16.2. The molecule has 0 aliphatic heterocycles. The predicted molar refractivity (Wildman–Crippen MR) is 71.2 cm³/mol. The van der Waals surface area contributed by atoms with E-state index in [2.05, 4.69) is 11.8 Å². The Kier molecular flexibility index (Phi) is 10.4. The Morgan fingerprint density at radius 1 is 1.19 bits per heavy atom. The second-order valence-corrected chi connectivity index (χ2v) is 4.32. The molecular formula is C12H27ClN2O. The lowest BCUT2D eigenvalue weighted by Crippen LogP contribution is -2.39. The van der Waals surface area contributed by atoms with Crippen LogP contribution in [0.5, 0.6) is 0 Å². The molecule has 1 saturated carbocycles. The van der Waals surface area contributed by atoms with Gasteiger partial charge in [-0.15, -0.1) is 12.4 Å². The van der Waals surface area contributed by atoms with E-state index in [4.69, 9.17) is 10.5 Å². The van der Waals surface area contributed by atoms with Crippen LogP contribution < -0.4 is 5.73 Å². The summed E-state index contributed by atoms with van der Waals surface area (Å²) in [4.78, 5) is 2.57. The molecule has 1 rings (SSSR count). The molecule has 0 aromatic heterocycles. The molecule has 0 saturated heterocycles. The smallest absolute Gasteiger partial charge is 0.0594 e. The summed E-state index contributed by atoms with van der Waals surface area (Å²) in [6.07, 6.45) is 7.00. The average Bonchev–Trinajstić information content (AvgIpc) is 2.30. The van der Waals surface area contributed by atoms with Crippen molar-refractivity contribution in [3.05, 3.63) is 0 Å². The first-order chi connectivity index (χ1) is 7.38. The molecule has 1 aliphatic rings. The molecule has 2 N–H and O–H groups in total. The first-order valence-electron chi connectivity index (χ1n) is 6.40. The van der Waals surface area contributed by atoms with Crippen LogP contribution in [0.2, 0.25) is 0 Å². The number of hydrogen-bond donors (Lipinski definition) is 1. The molecule has 0 atom stereocenters. The molecule has 0 bridgehead atoms. The number of likely N-dealkylation sites (N-methyl/N-ethyl adjacent to an activating group) is 1. The lowest BCUT2D eigenvalue weighted by atomic mass is 9.94. The van der Waals surface area contributed by atoms with E-state index in [0.717, 1.165) is 25.7 Å². The van der Waals surface area contributed by atoms with Crippen molar-refractivity contribution in [2.45, 2.75) is 45.1 Å². The first-order valence-corrected chi connectivity index (χ1v) is 6.40. The number of halogens is 1. The Bertz CT molecular complexity index is 152. The fourth-order valence-electron chi connectivity index (χ4n) is 2.41. The van der Waals surface area contributed by atoms with E-state index in [1.54, 1.807) is 0 Å². The monoisotopic (exact) mass is 250 g/mol. The van der Waals surface area contributed by atoms with Crippen molar-refractivity contribution in [1.82, 2.24) is 4.90 Å². The zero-order valence-electron chi connectivity index (χ0n) is 10.5. The fourth-order valence-corrected chi connectivity index (χ4v) is 2.41. The van der Waals surface area contributed by atoms with Gasteiger partial charge in [0.1, 0.15) is 0 Å². The summed E-state index contributed by atoms with van der Waals surface area (Å²) in [5, 5.41) is 0. The Hall–Kier alpha value is 0.170. The highest BCUT2D eigenvalue weighted by molar-refractivity contribution is 5.85. The standard InChI is InChI=1S/C12H26N2O.ClH/c1-2-14(9-11-15-10-8-13)12-6-4-3-5-7-12;/h12H,2-11,13H2,1H3;1H. The van der Waals surface area contributed by atoms with Crippen LogP contribution in [0.25, 0.3) is 0 Å². The number of hydrogen-bond acceptors (Lipinski definition) is 3. The highest BCUT2D eigenvalue weighted by Crippen LogP contribution is 2.22. The van der Waals surface area contributed by atoms with E-state index in [9.17, 15) is 0 Å². The summed E-state index contributed by atoms with van der Waals surface area (Å²) in [6, 6.07) is 0.810. The van der Waals surface area contributed by atoms with Gasteiger partial charge in [0.25, 0.3) is 0 Å². The largest absolute Gasteiger partial charge is 0.379 e. The Labute approximate surface area is 106 Å². The van der Waals surface area contributed by atoms with Crippen LogP contribution >= 0.6 is 12.4 Å². The number of ether oxygens (including phenoxy) is 1. The van der Waals surface area contributed by atoms with Crippen LogP contribution in [0.15, 0.2) is 0 Å². The molecule has 0 heterocycles. The fraction of sp³-hybridized carbons (Fsp3) is 1.00. The zero-order valence-corrected chi connectivity index (χ0v) is 11.3. The molecule has 98 valence electrons. The third-order valence-corrected chi connectivity index (χ3v) is 3.28. The second kappa shape index (κ2) is 10.3. The minimum atomic E-state index is 0. The third-order valence-electron chi connectivity index (χ3n) is 3.28.